The van der Waals surface area contributed by atoms with Crippen LogP contribution in [0.25, 0.3) is 22.0 Å². The molecule has 0 unspecified atom stereocenters. The number of carbonyl (C=O) groups excluding carboxylic acids is 2. The van der Waals surface area contributed by atoms with Gasteiger partial charge in [0.1, 0.15) is 0 Å². The molecule has 1 aliphatic heterocycles. The summed E-state index contributed by atoms with van der Waals surface area (Å²) in [6.07, 6.45) is 2.59. The van der Waals surface area contributed by atoms with Crippen molar-refractivity contribution in [1.29, 1.82) is 0 Å². The monoisotopic (exact) mass is 447 g/mol. The summed E-state index contributed by atoms with van der Waals surface area (Å²) in [6.45, 7) is 4.55. The van der Waals surface area contributed by atoms with Crippen molar-refractivity contribution >= 4 is 28.4 Å². The van der Waals surface area contributed by atoms with Crippen molar-refractivity contribution in [1.82, 2.24) is 9.88 Å². The molecule has 0 saturated carbocycles. The number of rotatable bonds is 5. The molecule has 0 spiro atoms. The van der Waals surface area contributed by atoms with Gasteiger partial charge in [-0.15, -0.1) is 0 Å². The fourth-order valence-corrected chi connectivity index (χ4v) is 4.48. The van der Waals surface area contributed by atoms with Crippen LogP contribution in [0.15, 0.2) is 103 Å². The molecule has 1 atom stereocenters. The Morgan fingerprint density at radius 3 is 2.50 bits per heavy atom. The summed E-state index contributed by atoms with van der Waals surface area (Å²) in [5, 5.41) is 3.93. The number of pyridine rings is 1. The first-order chi connectivity index (χ1) is 16.6. The summed E-state index contributed by atoms with van der Waals surface area (Å²) in [7, 11) is 0. The minimum atomic E-state index is -0.212. The van der Waals surface area contributed by atoms with E-state index >= 15 is 0 Å². The van der Waals surface area contributed by atoms with Crippen LogP contribution in [-0.4, -0.2) is 34.3 Å². The Morgan fingerprint density at radius 1 is 0.941 bits per heavy atom. The third-order valence-corrected chi connectivity index (χ3v) is 6.17. The zero-order valence-corrected chi connectivity index (χ0v) is 18.8. The highest BCUT2D eigenvalue weighted by Gasteiger charge is 2.33. The number of hydrogen-bond acceptors (Lipinski definition) is 3. The predicted molar refractivity (Wildman–Crippen MR) is 135 cm³/mol. The number of likely N-dealkylation sites (tertiary alicyclic amines) is 1. The number of amides is 2. The number of benzene rings is 3. The highest BCUT2D eigenvalue weighted by atomic mass is 16.2. The van der Waals surface area contributed by atoms with Crippen molar-refractivity contribution in [3.05, 3.63) is 109 Å². The number of carbonyl (C=O) groups is 2. The van der Waals surface area contributed by atoms with Crippen molar-refractivity contribution in [3.63, 3.8) is 0 Å². The van der Waals surface area contributed by atoms with Crippen LogP contribution in [0.2, 0.25) is 0 Å². The number of nitrogens with zero attached hydrogens (tertiary/aromatic N) is 2. The Bertz CT molecular complexity index is 1360. The molecule has 168 valence electrons. The molecule has 1 N–H and O–H groups in total. The summed E-state index contributed by atoms with van der Waals surface area (Å²) in [4.78, 5) is 32.2. The Hall–Kier alpha value is -4.25. The van der Waals surface area contributed by atoms with Crippen LogP contribution in [0.1, 0.15) is 23.2 Å². The highest BCUT2D eigenvalue weighted by Crippen LogP contribution is 2.27. The van der Waals surface area contributed by atoms with E-state index in [1.54, 1.807) is 11.1 Å². The van der Waals surface area contributed by atoms with Gasteiger partial charge >= 0.3 is 0 Å². The Morgan fingerprint density at radius 2 is 1.71 bits per heavy atom. The lowest BCUT2D eigenvalue weighted by molar-refractivity contribution is -0.117. The van der Waals surface area contributed by atoms with Crippen LogP contribution < -0.4 is 5.32 Å². The maximum atomic E-state index is 13.3. The molecule has 5 nitrogen and oxygen atoms in total. The molecule has 1 aromatic heterocycles. The standard InChI is InChI=1S/C29H25N3O2/c1-20-16-26(18-28(33)31-25-13-14-27-24(17-25)8-5-15-30-27)32(19-20)29(34)23-11-9-22(10-12-23)21-6-3-2-4-7-21/h2-15,17,26H,1,16,18-19H2,(H,31,33)/t26-/m0/s1. The summed E-state index contributed by atoms with van der Waals surface area (Å²) in [5.74, 6) is -0.201. The van der Waals surface area contributed by atoms with E-state index < -0.39 is 0 Å². The molecule has 34 heavy (non-hydrogen) atoms. The van der Waals surface area contributed by atoms with E-state index in [4.69, 9.17) is 0 Å². The van der Waals surface area contributed by atoms with E-state index in [2.05, 4.69) is 16.9 Å². The highest BCUT2D eigenvalue weighted by molar-refractivity contribution is 5.97. The zero-order valence-electron chi connectivity index (χ0n) is 18.8. The van der Waals surface area contributed by atoms with E-state index in [0.29, 0.717) is 18.5 Å². The Balaban J connectivity index is 1.27. The van der Waals surface area contributed by atoms with Gasteiger partial charge in [0.05, 0.1) is 5.52 Å². The normalized spacial score (nSPS) is 15.5. The van der Waals surface area contributed by atoms with Gasteiger partial charge in [-0.2, -0.15) is 0 Å². The first kappa shape index (κ1) is 21.6. The van der Waals surface area contributed by atoms with Crippen LogP contribution in [0.4, 0.5) is 5.69 Å². The smallest absolute Gasteiger partial charge is 0.254 e. The molecule has 5 rings (SSSR count). The van der Waals surface area contributed by atoms with Crippen molar-refractivity contribution < 1.29 is 9.59 Å². The average molecular weight is 448 g/mol. The van der Waals surface area contributed by atoms with Gasteiger partial charge in [-0.25, -0.2) is 0 Å². The maximum absolute atomic E-state index is 13.3. The molecular weight excluding hydrogens is 422 g/mol. The van der Waals surface area contributed by atoms with Gasteiger partial charge in [-0.3, -0.25) is 14.6 Å². The second-order valence-corrected chi connectivity index (χ2v) is 8.65. The average Bonchev–Trinajstić information content (AvgIpc) is 3.23. The third-order valence-electron chi connectivity index (χ3n) is 6.17. The molecular formula is C29H25N3O2. The van der Waals surface area contributed by atoms with Crippen molar-refractivity contribution in [3.8, 4) is 11.1 Å². The van der Waals surface area contributed by atoms with Crippen LogP contribution >= 0.6 is 0 Å². The molecule has 4 aromatic rings. The molecule has 0 bridgehead atoms. The largest absolute Gasteiger partial charge is 0.331 e. The zero-order chi connectivity index (χ0) is 23.5. The fourth-order valence-electron chi connectivity index (χ4n) is 4.48. The van der Waals surface area contributed by atoms with Crippen molar-refractivity contribution in [2.24, 2.45) is 0 Å². The van der Waals surface area contributed by atoms with Crippen LogP contribution in [0, 0.1) is 0 Å². The van der Waals surface area contributed by atoms with Crippen LogP contribution in [-0.2, 0) is 4.79 Å². The van der Waals surface area contributed by atoms with Gasteiger partial charge < -0.3 is 10.2 Å². The molecule has 0 aliphatic carbocycles. The lowest BCUT2D eigenvalue weighted by atomic mass is 10.0. The second-order valence-electron chi connectivity index (χ2n) is 8.65. The SMILES string of the molecule is C=C1C[C@@H](CC(=O)Nc2ccc3ncccc3c2)N(C(=O)c2ccc(-c3ccccc3)cc2)C1. The topological polar surface area (TPSA) is 62.3 Å². The van der Waals surface area contributed by atoms with E-state index in [9.17, 15) is 9.59 Å². The Kier molecular flexibility index (Phi) is 5.91. The summed E-state index contributed by atoms with van der Waals surface area (Å²) >= 11 is 0. The molecule has 5 heteroatoms. The molecule has 2 heterocycles. The first-order valence-electron chi connectivity index (χ1n) is 11.3. The van der Waals surface area contributed by atoms with E-state index in [1.807, 2.05) is 84.9 Å². The molecule has 3 aromatic carbocycles. The molecule has 0 radical (unpaired) electrons. The molecule has 1 aliphatic rings. The van der Waals surface area contributed by atoms with Gasteiger partial charge in [0.25, 0.3) is 5.91 Å². The van der Waals surface area contributed by atoms with Crippen molar-refractivity contribution in [2.45, 2.75) is 18.9 Å². The van der Waals surface area contributed by atoms with E-state index in [1.165, 1.54) is 0 Å². The van der Waals surface area contributed by atoms with Crippen molar-refractivity contribution in [2.75, 3.05) is 11.9 Å². The predicted octanol–water partition coefficient (Wildman–Crippen LogP) is 5.70. The van der Waals surface area contributed by atoms with Gasteiger partial charge in [0, 0.05) is 41.8 Å². The third kappa shape index (κ3) is 4.59. The van der Waals surface area contributed by atoms with E-state index in [0.717, 1.165) is 33.3 Å². The number of aromatic nitrogens is 1. The van der Waals surface area contributed by atoms with Gasteiger partial charge in [-0.1, -0.05) is 60.7 Å². The maximum Gasteiger partial charge on any atom is 0.254 e. The minimum Gasteiger partial charge on any atom is -0.331 e. The lowest BCUT2D eigenvalue weighted by Gasteiger charge is -2.24. The quantitative estimate of drug-likeness (QED) is 0.399. The van der Waals surface area contributed by atoms with E-state index in [-0.39, 0.29) is 24.3 Å². The molecule has 2 amide bonds. The number of anilines is 1. The van der Waals surface area contributed by atoms with Gasteiger partial charge in [0.2, 0.25) is 5.91 Å². The lowest BCUT2D eigenvalue weighted by Crippen LogP contribution is -2.37. The van der Waals surface area contributed by atoms with Gasteiger partial charge in [-0.05, 0) is 53.9 Å². The summed E-state index contributed by atoms with van der Waals surface area (Å²) in [6, 6.07) is 26.9. The van der Waals surface area contributed by atoms with Crippen LogP contribution in [0.3, 0.4) is 0 Å². The summed E-state index contributed by atoms with van der Waals surface area (Å²) in [5.41, 5.74) is 5.34. The minimum absolute atomic E-state index is 0.0761. The number of hydrogen-bond donors (Lipinski definition) is 1. The molecule has 1 fully saturated rings. The Labute approximate surface area is 198 Å². The number of fused-ring (bicyclic) bond motifs is 1. The summed E-state index contributed by atoms with van der Waals surface area (Å²) < 4.78 is 0. The van der Waals surface area contributed by atoms with Crippen LogP contribution in [0.5, 0.6) is 0 Å². The number of nitrogens with one attached hydrogen (secondary N) is 1. The second kappa shape index (κ2) is 9.32. The first-order valence-corrected chi connectivity index (χ1v) is 11.3. The van der Waals surface area contributed by atoms with Gasteiger partial charge in [0.15, 0.2) is 0 Å². The fraction of sp³-hybridized carbons (Fsp3) is 0.138. The molecule has 1 saturated heterocycles.